The van der Waals surface area contributed by atoms with Crippen LogP contribution in [0.2, 0.25) is 0 Å². The van der Waals surface area contributed by atoms with Crippen molar-refractivity contribution in [2.24, 2.45) is 11.1 Å². The molecule has 0 aromatic carbocycles. The molecule has 4 heteroatoms. The zero-order valence-corrected chi connectivity index (χ0v) is 10.4. The van der Waals surface area contributed by atoms with E-state index in [1.165, 1.54) is 6.92 Å². The predicted molar refractivity (Wildman–Crippen MR) is 61.8 cm³/mol. The van der Waals surface area contributed by atoms with Gasteiger partial charge in [-0.3, -0.25) is 4.79 Å². The molecule has 1 fully saturated rings. The minimum atomic E-state index is -0.921. The van der Waals surface area contributed by atoms with Crippen LogP contribution < -0.4 is 5.73 Å². The minimum absolute atomic E-state index is 0.0228. The molecule has 0 bridgehead atoms. The number of esters is 1. The van der Waals surface area contributed by atoms with E-state index in [4.69, 9.17) is 10.5 Å². The average molecular weight is 229 g/mol. The van der Waals surface area contributed by atoms with Crippen LogP contribution in [0.3, 0.4) is 0 Å². The zero-order valence-electron chi connectivity index (χ0n) is 10.4. The first kappa shape index (κ1) is 13.5. The van der Waals surface area contributed by atoms with Crippen LogP contribution in [0.15, 0.2) is 0 Å². The molecule has 1 rings (SSSR count). The molecule has 0 aromatic rings. The molecule has 0 aliphatic heterocycles. The van der Waals surface area contributed by atoms with Crippen molar-refractivity contribution in [1.82, 2.24) is 0 Å². The quantitative estimate of drug-likeness (QED) is 0.713. The molecule has 0 radical (unpaired) electrons. The number of rotatable bonds is 3. The maximum absolute atomic E-state index is 11.5. The van der Waals surface area contributed by atoms with E-state index in [0.29, 0.717) is 5.41 Å². The summed E-state index contributed by atoms with van der Waals surface area (Å²) in [5.74, 6) is -0.486. The van der Waals surface area contributed by atoms with Gasteiger partial charge in [0.2, 0.25) is 0 Å². The second-order valence-corrected chi connectivity index (χ2v) is 5.57. The molecule has 0 unspecified atom stereocenters. The Morgan fingerprint density at radius 1 is 1.44 bits per heavy atom. The lowest BCUT2D eigenvalue weighted by Gasteiger charge is -2.34. The van der Waals surface area contributed by atoms with Crippen molar-refractivity contribution in [3.05, 3.63) is 0 Å². The van der Waals surface area contributed by atoms with Gasteiger partial charge in [0, 0.05) is 0 Å². The lowest BCUT2D eigenvalue weighted by molar-refractivity contribution is -0.155. The second-order valence-electron chi connectivity index (χ2n) is 5.57. The average Bonchev–Trinajstić information content (AvgIpc) is 2.19. The Balaban J connectivity index is 2.37. The Labute approximate surface area is 97.2 Å². The standard InChI is InChI=1S/C12H23NO3/c1-8(14)10(13)11(15)16-9-4-6-12(2,3)7-5-9/h8-10,14H,4-7,13H2,1-3H3/t8-,10+/m1/s1. The highest BCUT2D eigenvalue weighted by molar-refractivity contribution is 5.76. The van der Waals surface area contributed by atoms with Crippen LogP contribution in [-0.2, 0) is 9.53 Å². The van der Waals surface area contributed by atoms with Gasteiger partial charge in [0.25, 0.3) is 0 Å². The number of aliphatic hydroxyl groups is 1. The van der Waals surface area contributed by atoms with Crippen molar-refractivity contribution >= 4 is 5.97 Å². The Hall–Kier alpha value is -0.610. The number of hydrogen-bond donors (Lipinski definition) is 2. The molecule has 3 N–H and O–H groups in total. The molecule has 0 aromatic heterocycles. The predicted octanol–water partition coefficient (Wildman–Crippen LogP) is 1.21. The summed E-state index contributed by atoms with van der Waals surface area (Å²) < 4.78 is 5.28. The van der Waals surface area contributed by atoms with Gasteiger partial charge < -0.3 is 15.6 Å². The molecular formula is C12H23NO3. The van der Waals surface area contributed by atoms with Crippen LogP contribution >= 0.6 is 0 Å². The summed E-state index contributed by atoms with van der Waals surface area (Å²) in [6.07, 6.45) is 3.04. The van der Waals surface area contributed by atoms with Crippen LogP contribution in [0.5, 0.6) is 0 Å². The van der Waals surface area contributed by atoms with Crippen molar-refractivity contribution < 1.29 is 14.6 Å². The van der Waals surface area contributed by atoms with Gasteiger partial charge in [-0.15, -0.1) is 0 Å². The summed E-state index contributed by atoms with van der Waals surface area (Å²) in [5, 5.41) is 9.18. The van der Waals surface area contributed by atoms with E-state index in [-0.39, 0.29) is 6.10 Å². The third-order valence-electron chi connectivity index (χ3n) is 3.36. The minimum Gasteiger partial charge on any atom is -0.461 e. The van der Waals surface area contributed by atoms with E-state index < -0.39 is 18.1 Å². The summed E-state index contributed by atoms with van der Waals surface area (Å²) >= 11 is 0. The Bertz CT molecular complexity index is 241. The Kier molecular flexibility index (Phi) is 4.33. The van der Waals surface area contributed by atoms with Gasteiger partial charge in [0.15, 0.2) is 0 Å². The van der Waals surface area contributed by atoms with E-state index in [2.05, 4.69) is 13.8 Å². The van der Waals surface area contributed by atoms with Gasteiger partial charge in [-0.05, 0) is 38.0 Å². The fraction of sp³-hybridized carbons (Fsp3) is 0.917. The highest BCUT2D eigenvalue weighted by atomic mass is 16.5. The molecule has 4 nitrogen and oxygen atoms in total. The van der Waals surface area contributed by atoms with Crippen LogP contribution in [0.4, 0.5) is 0 Å². The molecular weight excluding hydrogens is 206 g/mol. The summed E-state index contributed by atoms with van der Waals surface area (Å²) in [6.45, 7) is 5.95. The monoisotopic (exact) mass is 229 g/mol. The van der Waals surface area contributed by atoms with Crippen LogP contribution in [0, 0.1) is 5.41 Å². The first-order valence-electron chi connectivity index (χ1n) is 5.96. The van der Waals surface area contributed by atoms with Crippen molar-refractivity contribution in [3.63, 3.8) is 0 Å². The van der Waals surface area contributed by atoms with Crippen molar-refractivity contribution in [2.75, 3.05) is 0 Å². The van der Waals surface area contributed by atoms with E-state index in [9.17, 15) is 9.90 Å². The number of aliphatic hydroxyl groups excluding tert-OH is 1. The smallest absolute Gasteiger partial charge is 0.325 e. The molecule has 0 spiro atoms. The number of carbonyl (C=O) groups is 1. The SMILES string of the molecule is C[C@@H](O)[C@H](N)C(=O)OC1CCC(C)(C)CC1. The number of ether oxygens (including phenoxy) is 1. The van der Waals surface area contributed by atoms with Crippen molar-refractivity contribution in [2.45, 2.75) is 64.7 Å². The highest BCUT2D eigenvalue weighted by Crippen LogP contribution is 2.36. The topological polar surface area (TPSA) is 72.5 Å². The van der Waals surface area contributed by atoms with Crippen LogP contribution in [0.1, 0.15) is 46.5 Å². The largest absolute Gasteiger partial charge is 0.461 e. The molecule has 1 saturated carbocycles. The molecule has 16 heavy (non-hydrogen) atoms. The molecule has 0 saturated heterocycles. The molecule has 2 atom stereocenters. The fourth-order valence-corrected chi connectivity index (χ4v) is 1.93. The summed E-state index contributed by atoms with van der Waals surface area (Å²) in [4.78, 5) is 11.5. The van der Waals surface area contributed by atoms with E-state index in [1.54, 1.807) is 0 Å². The second kappa shape index (κ2) is 5.15. The Morgan fingerprint density at radius 2 is 1.94 bits per heavy atom. The van der Waals surface area contributed by atoms with Gasteiger partial charge in [-0.1, -0.05) is 13.8 Å². The number of hydrogen-bond acceptors (Lipinski definition) is 4. The van der Waals surface area contributed by atoms with Gasteiger partial charge in [0.1, 0.15) is 12.1 Å². The van der Waals surface area contributed by atoms with E-state index in [1.807, 2.05) is 0 Å². The van der Waals surface area contributed by atoms with Gasteiger partial charge in [-0.2, -0.15) is 0 Å². The number of carbonyl (C=O) groups excluding carboxylic acids is 1. The summed E-state index contributed by atoms with van der Waals surface area (Å²) in [5.41, 5.74) is 5.86. The normalized spacial score (nSPS) is 24.8. The van der Waals surface area contributed by atoms with E-state index >= 15 is 0 Å². The fourth-order valence-electron chi connectivity index (χ4n) is 1.93. The molecule has 1 aliphatic rings. The Morgan fingerprint density at radius 3 is 2.38 bits per heavy atom. The van der Waals surface area contributed by atoms with Crippen molar-refractivity contribution in [3.8, 4) is 0 Å². The molecule has 0 heterocycles. The first-order chi connectivity index (χ1) is 7.32. The van der Waals surface area contributed by atoms with Gasteiger partial charge in [-0.25, -0.2) is 0 Å². The lowest BCUT2D eigenvalue weighted by Crippen LogP contribution is -2.43. The number of nitrogens with two attached hydrogens (primary N) is 1. The maximum Gasteiger partial charge on any atom is 0.325 e. The molecule has 94 valence electrons. The third-order valence-corrected chi connectivity index (χ3v) is 3.36. The summed E-state index contributed by atoms with van der Waals surface area (Å²) in [6, 6.07) is -0.921. The van der Waals surface area contributed by atoms with Crippen LogP contribution in [0.25, 0.3) is 0 Å². The first-order valence-corrected chi connectivity index (χ1v) is 5.96. The molecule has 0 amide bonds. The zero-order chi connectivity index (χ0) is 12.3. The van der Waals surface area contributed by atoms with Gasteiger partial charge >= 0.3 is 5.97 Å². The van der Waals surface area contributed by atoms with Crippen molar-refractivity contribution in [1.29, 1.82) is 0 Å². The summed E-state index contributed by atoms with van der Waals surface area (Å²) in [7, 11) is 0. The lowest BCUT2D eigenvalue weighted by atomic mass is 9.76. The third kappa shape index (κ3) is 3.76. The molecule has 1 aliphatic carbocycles. The highest BCUT2D eigenvalue weighted by Gasteiger charge is 2.30. The van der Waals surface area contributed by atoms with E-state index in [0.717, 1.165) is 25.7 Å². The maximum atomic E-state index is 11.5. The van der Waals surface area contributed by atoms with Gasteiger partial charge in [0.05, 0.1) is 6.10 Å². The van der Waals surface area contributed by atoms with Crippen LogP contribution in [-0.4, -0.2) is 29.3 Å².